The highest BCUT2D eigenvalue weighted by Crippen LogP contribution is 2.27. The smallest absolute Gasteiger partial charge is 0.279 e. The number of benzene rings is 2. The van der Waals surface area contributed by atoms with Crippen LogP contribution in [0.15, 0.2) is 69.8 Å². The van der Waals surface area contributed by atoms with Gasteiger partial charge in [0, 0.05) is 10.2 Å². The number of hydrogen-bond donors (Lipinski definition) is 1. The van der Waals surface area contributed by atoms with Crippen molar-refractivity contribution in [3.05, 3.63) is 75.4 Å². The van der Waals surface area contributed by atoms with Crippen molar-refractivity contribution in [2.24, 2.45) is 0 Å². The molecule has 23 heavy (non-hydrogen) atoms. The third-order valence-corrected chi connectivity index (χ3v) is 4.29. The number of carbonyl (C=O) groups excluding carboxylic acids is 2. The Kier molecular flexibility index (Phi) is 4.50. The van der Waals surface area contributed by atoms with Crippen molar-refractivity contribution >= 4 is 45.0 Å². The first kappa shape index (κ1) is 15.8. The van der Waals surface area contributed by atoms with E-state index in [1.807, 2.05) is 42.5 Å². The molecule has 0 bridgehead atoms. The van der Waals surface area contributed by atoms with Crippen LogP contribution in [0.3, 0.4) is 0 Å². The van der Waals surface area contributed by atoms with Crippen molar-refractivity contribution in [3.8, 4) is 0 Å². The van der Waals surface area contributed by atoms with Crippen molar-refractivity contribution in [2.75, 3.05) is 5.32 Å². The molecule has 116 valence electrons. The van der Waals surface area contributed by atoms with Crippen LogP contribution in [0.5, 0.6) is 0 Å². The highest BCUT2D eigenvalue weighted by Gasteiger charge is 2.37. The zero-order valence-corrected chi connectivity index (χ0v) is 14.3. The Balaban J connectivity index is 1.80. The Bertz CT molecular complexity index is 788. The molecule has 1 heterocycles. The van der Waals surface area contributed by atoms with Crippen LogP contribution in [0, 0.1) is 0 Å². The fourth-order valence-electron chi connectivity index (χ4n) is 2.24. The van der Waals surface area contributed by atoms with Gasteiger partial charge in [-0.25, -0.2) is 0 Å². The maximum atomic E-state index is 12.5. The summed E-state index contributed by atoms with van der Waals surface area (Å²) in [7, 11) is 0. The molecule has 6 heteroatoms. The van der Waals surface area contributed by atoms with E-state index >= 15 is 0 Å². The minimum Gasteiger partial charge on any atom is -0.350 e. The molecule has 0 fully saturated rings. The lowest BCUT2D eigenvalue weighted by molar-refractivity contribution is -0.138. The number of nitrogens with zero attached hydrogens (tertiary/aromatic N) is 1. The first-order valence-corrected chi connectivity index (χ1v) is 8.06. The van der Waals surface area contributed by atoms with Gasteiger partial charge in [0.15, 0.2) is 0 Å². The molecule has 0 aliphatic carbocycles. The molecular formula is C17H12BrClN2O2. The fourth-order valence-corrected chi connectivity index (χ4v) is 2.74. The van der Waals surface area contributed by atoms with E-state index in [1.165, 1.54) is 0 Å². The summed E-state index contributed by atoms with van der Waals surface area (Å²) in [5, 5.41) is 2.84. The SMILES string of the molecule is O=C1C(Cl)=C(Nc2ccc(Br)cc2)C(=O)N1Cc1ccccc1. The minimum atomic E-state index is -0.486. The van der Waals surface area contributed by atoms with Crippen LogP contribution in [0.2, 0.25) is 0 Å². The topological polar surface area (TPSA) is 49.4 Å². The zero-order chi connectivity index (χ0) is 16.4. The average molecular weight is 392 g/mol. The molecule has 0 saturated heterocycles. The van der Waals surface area contributed by atoms with Crippen LogP contribution < -0.4 is 5.32 Å². The molecule has 3 rings (SSSR count). The van der Waals surface area contributed by atoms with Gasteiger partial charge < -0.3 is 5.32 Å². The molecule has 0 saturated carbocycles. The van der Waals surface area contributed by atoms with Crippen molar-refractivity contribution < 1.29 is 9.59 Å². The van der Waals surface area contributed by atoms with Gasteiger partial charge in [-0.3, -0.25) is 14.5 Å². The third kappa shape index (κ3) is 3.30. The lowest BCUT2D eigenvalue weighted by atomic mass is 10.2. The molecule has 4 nitrogen and oxygen atoms in total. The quantitative estimate of drug-likeness (QED) is 0.805. The maximum absolute atomic E-state index is 12.5. The van der Waals surface area contributed by atoms with Gasteiger partial charge in [0.1, 0.15) is 10.7 Å². The van der Waals surface area contributed by atoms with Crippen molar-refractivity contribution in [1.82, 2.24) is 4.90 Å². The first-order valence-electron chi connectivity index (χ1n) is 6.89. The van der Waals surface area contributed by atoms with Crippen LogP contribution in [-0.2, 0) is 16.1 Å². The second kappa shape index (κ2) is 6.56. The lowest BCUT2D eigenvalue weighted by Gasteiger charge is -2.15. The van der Waals surface area contributed by atoms with Gasteiger partial charge in [0.2, 0.25) is 0 Å². The second-order valence-corrected chi connectivity index (χ2v) is 6.30. The number of anilines is 1. The van der Waals surface area contributed by atoms with E-state index in [0.29, 0.717) is 5.69 Å². The monoisotopic (exact) mass is 390 g/mol. The van der Waals surface area contributed by atoms with Crippen molar-refractivity contribution in [1.29, 1.82) is 0 Å². The summed E-state index contributed by atoms with van der Waals surface area (Å²) in [6.07, 6.45) is 0. The first-order chi connectivity index (χ1) is 11.1. The van der Waals surface area contributed by atoms with Crippen LogP contribution >= 0.6 is 27.5 Å². The Morgan fingerprint density at radius 3 is 2.26 bits per heavy atom. The third-order valence-electron chi connectivity index (χ3n) is 3.41. The fraction of sp³-hybridized carbons (Fsp3) is 0.0588. The molecule has 1 aliphatic rings. The molecule has 2 aromatic rings. The van der Waals surface area contributed by atoms with E-state index in [0.717, 1.165) is 14.9 Å². The van der Waals surface area contributed by atoms with E-state index in [4.69, 9.17) is 11.6 Å². The number of nitrogens with one attached hydrogen (secondary N) is 1. The number of halogens is 2. The summed E-state index contributed by atoms with van der Waals surface area (Å²) in [6.45, 7) is 0.195. The van der Waals surface area contributed by atoms with E-state index in [9.17, 15) is 9.59 Å². The van der Waals surface area contributed by atoms with Gasteiger partial charge >= 0.3 is 0 Å². The molecule has 0 atom stereocenters. The Morgan fingerprint density at radius 1 is 0.957 bits per heavy atom. The van der Waals surface area contributed by atoms with Gasteiger partial charge in [-0.1, -0.05) is 57.9 Å². The normalized spacial score (nSPS) is 14.6. The highest BCUT2D eigenvalue weighted by molar-refractivity contribution is 9.10. The molecule has 1 N–H and O–H groups in total. The predicted molar refractivity (Wildman–Crippen MR) is 92.6 cm³/mol. The summed E-state index contributed by atoms with van der Waals surface area (Å²) in [5.41, 5.74) is 1.66. The molecule has 0 spiro atoms. The number of rotatable bonds is 4. The van der Waals surface area contributed by atoms with Gasteiger partial charge in [-0.15, -0.1) is 0 Å². The van der Waals surface area contributed by atoms with Crippen molar-refractivity contribution in [3.63, 3.8) is 0 Å². The number of amides is 2. The summed E-state index contributed by atoms with van der Waals surface area (Å²) in [5.74, 6) is -0.910. The summed E-state index contributed by atoms with van der Waals surface area (Å²) >= 11 is 9.40. The summed E-state index contributed by atoms with van der Waals surface area (Å²) in [4.78, 5) is 25.9. The largest absolute Gasteiger partial charge is 0.350 e. The molecule has 0 radical (unpaired) electrons. The Labute approximate surface area is 146 Å². The Morgan fingerprint density at radius 2 is 1.61 bits per heavy atom. The molecule has 2 amide bonds. The van der Waals surface area contributed by atoms with Crippen LogP contribution in [-0.4, -0.2) is 16.7 Å². The van der Waals surface area contributed by atoms with Gasteiger partial charge in [0.25, 0.3) is 11.8 Å². The van der Waals surface area contributed by atoms with Gasteiger partial charge in [-0.05, 0) is 29.8 Å². The minimum absolute atomic E-state index is 0.0890. The summed E-state index contributed by atoms with van der Waals surface area (Å²) < 4.78 is 0.919. The molecule has 2 aromatic carbocycles. The molecule has 1 aliphatic heterocycles. The average Bonchev–Trinajstić information content (AvgIpc) is 2.76. The van der Waals surface area contributed by atoms with E-state index in [-0.39, 0.29) is 17.3 Å². The molecular weight excluding hydrogens is 380 g/mol. The standard InChI is InChI=1S/C17H12BrClN2O2/c18-12-6-8-13(9-7-12)20-15-14(19)16(22)21(17(15)23)10-11-4-2-1-3-5-11/h1-9,20H,10H2. The molecule has 0 unspecified atom stereocenters. The molecule has 0 aromatic heterocycles. The van der Waals surface area contributed by atoms with Crippen LogP contribution in [0.1, 0.15) is 5.56 Å². The summed E-state index contributed by atoms with van der Waals surface area (Å²) in [6, 6.07) is 16.6. The number of carbonyl (C=O) groups is 2. The van der Waals surface area contributed by atoms with Gasteiger partial charge in [0.05, 0.1) is 6.54 Å². The Hall–Kier alpha value is -2.11. The predicted octanol–water partition coefficient (Wildman–Crippen LogP) is 3.88. The van der Waals surface area contributed by atoms with E-state index in [2.05, 4.69) is 21.2 Å². The van der Waals surface area contributed by atoms with Gasteiger partial charge in [-0.2, -0.15) is 0 Å². The van der Waals surface area contributed by atoms with E-state index < -0.39 is 11.8 Å². The number of hydrogen-bond acceptors (Lipinski definition) is 3. The van der Waals surface area contributed by atoms with Crippen molar-refractivity contribution in [2.45, 2.75) is 6.54 Å². The number of imide groups is 1. The highest BCUT2D eigenvalue weighted by atomic mass is 79.9. The van der Waals surface area contributed by atoms with Crippen LogP contribution in [0.25, 0.3) is 0 Å². The zero-order valence-electron chi connectivity index (χ0n) is 11.9. The maximum Gasteiger partial charge on any atom is 0.279 e. The second-order valence-electron chi connectivity index (χ2n) is 5.00. The van der Waals surface area contributed by atoms with E-state index in [1.54, 1.807) is 12.1 Å². The van der Waals surface area contributed by atoms with Crippen LogP contribution in [0.4, 0.5) is 5.69 Å². The lowest BCUT2D eigenvalue weighted by Crippen LogP contribution is -2.31.